The smallest absolute Gasteiger partial charge is 0.267 e. The molecule has 5 aliphatic heterocycles. The SMILES string of the molecule is CC(=O)NC1CCN(Cc2ccc3c(-c4ccc(F)cc4)cc(C(N)=O)nc3c2)C1.CC1CN(Cc2ccc3c(-c4ccc(F)cc4)cc(C(N)=O)nc3c2)CC(C)O1.C[C@H]1CN(Cc2ccc3c(-c4ccc(F)cc4)cc(C(N)=O)nc3c2)CCO1.C[C@H]1COCCN1Cc1ccc2c(-c3ccc(F)cc3)cc(C(N)=O)nc2c1.NC(=O)c1cc(-c2ccc(F)cc2)c2ccc(CN3CC(O)CC3C(N)=O)cc2n1. The molecule has 5 aliphatic rings. The number of carbonyl (C=O) groups is 7. The van der Waals surface area contributed by atoms with Crippen LogP contribution in [-0.2, 0) is 56.5 Å². The number of amides is 7. The third-order valence-corrected chi connectivity index (χ3v) is 26.1. The average Bonchev–Trinajstić information content (AvgIpc) is 1.26. The first-order chi connectivity index (χ1) is 69.6. The second-order valence-electron chi connectivity index (χ2n) is 37.3. The molecular formula is C112H112F5N17O11. The molecule has 10 aromatic carbocycles. The van der Waals surface area contributed by atoms with E-state index < -0.39 is 47.6 Å². The van der Waals surface area contributed by atoms with Gasteiger partial charge in [0.15, 0.2) is 0 Å². The number of primary amides is 6. The number of morpholine rings is 3. The van der Waals surface area contributed by atoms with Crippen molar-refractivity contribution >= 4 is 95.9 Å². The Morgan fingerprint density at radius 3 is 0.966 bits per heavy atom. The van der Waals surface area contributed by atoms with E-state index in [2.05, 4.69) is 95.7 Å². The number of β-amino-alcohol motifs (C(OH)–C–C–N with tert-alkyl or cyclic N) is 1. The number of carbonyl (C=O) groups excluding carboxylic acids is 7. The van der Waals surface area contributed by atoms with Crippen LogP contribution in [-0.4, -0.2) is 211 Å². The summed E-state index contributed by atoms with van der Waals surface area (Å²) < 4.78 is 83.6. The van der Waals surface area contributed by atoms with Gasteiger partial charge in [0, 0.05) is 131 Å². The minimum atomic E-state index is -0.665. The van der Waals surface area contributed by atoms with E-state index in [9.17, 15) is 60.6 Å². The summed E-state index contributed by atoms with van der Waals surface area (Å²) in [5, 5.41) is 17.2. The van der Waals surface area contributed by atoms with Gasteiger partial charge in [-0.25, -0.2) is 46.9 Å². The molecule has 7 atom stereocenters. The first-order valence-corrected chi connectivity index (χ1v) is 47.8. The van der Waals surface area contributed by atoms with Crippen molar-refractivity contribution in [2.75, 3.05) is 72.2 Å². The average molecular weight is 1970 g/mol. The van der Waals surface area contributed by atoms with Gasteiger partial charge in [0.05, 0.1) is 77.9 Å². The lowest BCUT2D eigenvalue weighted by Crippen LogP contribution is -2.44. The van der Waals surface area contributed by atoms with Crippen LogP contribution in [0.15, 0.2) is 243 Å². The number of halogens is 5. The van der Waals surface area contributed by atoms with Crippen LogP contribution >= 0.6 is 0 Å². The Balaban J connectivity index is 0.000000130. The molecule has 5 saturated heterocycles. The Morgan fingerprint density at radius 1 is 0.359 bits per heavy atom. The van der Waals surface area contributed by atoms with Gasteiger partial charge in [-0.3, -0.25) is 58.1 Å². The molecular weight excluding hydrogens is 1850 g/mol. The molecule has 0 bridgehead atoms. The highest BCUT2D eigenvalue weighted by atomic mass is 19.1. The number of nitrogens with two attached hydrogens (primary N) is 6. The van der Waals surface area contributed by atoms with Gasteiger partial charge in [0.25, 0.3) is 29.5 Å². The quantitative estimate of drug-likeness (QED) is 0.0292. The summed E-state index contributed by atoms with van der Waals surface area (Å²) >= 11 is 0. The van der Waals surface area contributed by atoms with Gasteiger partial charge in [-0.15, -0.1) is 0 Å². The molecule has 5 unspecified atom stereocenters. The first kappa shape index (κ1) is 103. The van der Waals surface area contributed by atoms with Gasteiger partial charge in [0.1, 0.15) is 57.6 Å². The van der Waals surface area contributed by atoms with E-state index in [1.165, 1.54) is 67.6 Å². The van der Waals surface area contributed by atoms with Crippen LogP contribution in [0.5, 0.6) is 0 Å². The van der Waals surface area contributed by atoms with Crippen LogP contribution in [0.2, 0.25) is 0 Å². The lowest BCUT2D eigenvalue weighted by Gasteiger charge is -2.35. The maximum Gasteiger partial charge on any atom is 0.267 e. The molecule has 33 heteroatoms. The third kappa shape index (κ3) is 26.1. The molecule has 20 rings (SSSR count). The maximum atomic E-state index is 13.4. The van der Waals surface area contributed by atoms with Crippen LogP contribution in [0.3, 0.4) is 0 Å². The van der Waals surface area contributed by atoms with Gasteiger partial charge in [-0.05, 0) is 245 Å². The number of hydrogen-bond donors (Lipinski definition) is 8. The summed E-state index contributed by atoms with van der Waals surface area (Å²) in [5.41, 5.74) is 50.2. The number of benzene rings is 10. The zero-order chi connectivity index (χ0) is 103. The van der Waals surface area contributed by atoms with E-state index in [1.807, 2.05) is 77.7 Å². The summed E-state index contributed by atoms with van der Waals surface area (Å²) in [5.74, 6) is -5.11. The van der Waals surface area contributed by atoms with Crippen molar-refractivity contribution in [3.8, 4) is 55.6 Å². The van der Waals surface area contributed by atoms with Gasteiger partial charge < -0.3 is 59.0 Å². The van der Waals surface area contributed by atoms with Crippen molar-refractivity contribution in [3.05, 3.63) is 328 Å². The van der Waals surface area contributed by atoms with Gasteiger partial charge >= 0.3 is 0 Å². The molecule has 10 heterocycles. The summed E-state index contributed by atoms with van der Waals surface area (Å²) in [4.78, 5) is 115. The number of nitrogens with one attached hydrogen (secondary N) is 1. The number of likely N-dealkylation sites (tertiary alicyclic amines) is 2. The largest absolute Gasteiger partial charge is 0.392 e. The monoisotopic (exact) mass is 1970 g/mol. The molecule has 0 spiro atoms. The molecule has 14 N–H and O–H groups in total. The van der Waals surface area contributed by atoms with E-state index in [0.717, 1.165) is 203 Å². The van der Waals surface area contributed by atoms with Crippen LogP contribution in [0.1, 0.15) is 128 Å². The van der Waals surface area contributed by atoms with E-state index in [0.29, 0.717) is 58.7 Å². The van der Waals surface area contributed by atoms with E-state index >= 15 is 0 Å². The highest BCUT2D eigenvalue weighted by molar-refractivity contribution is 6.06. The van der Waals surface area contributed by atoms with Crippen LogP contribution in [0, 0.1) is 29.1 Å². The number of pyridine rings is 5. The minimum absolute atomic E-state index is 0.0101. The fourth-order valence-corrected chi connectivity index (χ4v) is 19.3. The molecule has 28 nitrogen and oxygen atoms in total. The fraction of sp³-hybridized carbons (Fsp3) is 0.268. The van der Waals surface area contributed by atoms with Gasteiger partial charge in [-0.1, -0.05) is 121 Å². The molecule has 7 amide bonds. The van der Waals surface area contributed by atoms with Gasteiger partial charge in [-0.2, -0.15) is 0 Å². The number of rotatable bonds is 22. The Hall–Kier alpha value is -15.2. The molecule has 0 aliphatic carbocycles. The molecule has 5 fully saturated rings. The number of aliphatic hydroxyl groups is 1. The Kier molecular flexibility index (Phi) is 32.6. The highest BCUT2D eigenvalue weighted by Gasteiger charge is 2.35. The standard InChI is InChI=1S/C23H23FN4O2.C23H24FN3O2.C22H21FN4O3.2C22H22FN3O2/c1-14(29)26-18-8-9-28(13-18)12-15-2-7-19-20(16-3-5-17(24)6-4-16)11-22(23(25)30)27-21(19)10-15;1-14-11-27(12-15(2)29-14)13-16-3-8-19-20(17-4-6-18(24)7-5-17)10-22(23(25)28)26-21(19)9-16;23-14-4-2-13(3-5-14)17-9-19(21(24)29)26-18-7-12(1-6-16(17)18)10-27-11-15(28)8-20(27)22(25)30;1-14-13-28-9-8-26(14)12-15-2-7-18-19(16-3-5-17(23)6-4-16)11-21(22(24)27)25-20(18)10-15;1-14-12-26(8-9-28-14)13-15-2-7-18-19(16-3-5-17(23)6-4-16)11-21(22(24)27)25-20(18)10-15/h2-7,10-11,18H,8-9,12-13H2,1H3,(H2,25,30)(H,26,29);3-10,14-15H,11-13H2,1-2H3,(H2,25,28);1-7,9,15,20,28H,8,10-11H2,(H2,24,29)(H2,25,30);2*2-7,10-11,14H,8-9,12-13H2,1H3,(H2,24,27)/t;;;2*14-/m...00/s1. The summed E-state index contributed by atoms with van der Waals surface area (Å²) in [7, 11) is 0. The van der Waals surface area contributed by atoms with Crippen molar-refractivity contribution in [2.24, 2.45) is 34.4 Å². The normalized spacial score (nSPS) is 18.3. The zero-order valence-electron chi connectivity index (χ0n) is 80.7. The van der Waals surface area contributed by atoms with Crippen molar-refractivity contribution in [1.82, 2.24) is 54.7 Å². The topological polar surface area (TPSA) is 416 Å². The van der Waals surface area contributed by atoms with Crippen molar-refractivity contribution in [2.45, 2.75) is 123 Å². The predicted molar refractivity (Wildman–Crippen MR) is 546 cm³/mol. The van der Waals surface area contributed by atoms with Gasteiger partial charge in [0.2, 0.25) is 11.8 Å². The minimum Gasteiger partial charge on any atom is -0.392 e. The second-order valence-corrected chi connectivity index (χ2v) is 37.3. The van der Waals surface area contributed by atoms with Crippen LogP contribution < -0.4 is 39.7 Å². The van der Waals surface area contributed by atoms with Crippen molar-refractivity contribution in [3.63, 3.8) is 0 Å². The molecule has 15 aromatic rings. The van der Waals surface area contributed by atoms with E-state index in [4.69, 9.17) is 48.6 Å². The molecule has 5 aromatic heterocycles. The Bertz CT molecular complexity index is 7330. The second kappa shape index (κ2) is 46.0. The van der Waals surface area contributed by atoms with Crippen LogP contribution in [0.4, 0.5) is 22.0 Å². The van der Waals surface area contributed by atoms with Crippen molar-refractivity contribution < 1.29 is 74.8 Å². The fourth-order valence-electron chi connectivity index (χ4n) is 19.3. The number of fused-ring (bicyclic) bond motifs is 5. The lowest BCUT2D eigenvalue weighted by molar-refractivity contribution is -0.122. The first-order valence-electron chi connectivity index (χ1n) is 47.8. The molecule has 0 radical (unpaired) electrons. The number of aliphatic hydroxyl groups excluding tert-OH is 1. The zero-order valence-corrected chi connectivity index (χ0v) is 80.7. The molecule has 145 heavy (non-hydrogen) atoms. The molecule has 746 valence electrons. The van der Waals surface area contributed by atoms with E-state index in [-0.39, 0.29) is 87.8 Å². The number of nitrogens with zero attached hydrogens (tertiary/aromatic N) is 10. The Labute approximate surface area is 833 Å². The third-order valence-electron chi connectivity index (χ3n) is 26.1. The highest BCUT2D eigenvalue weighted by Crippen LogP contribution is 2.38. The van der Waals surface area contributed by atoms with E-state index in [1.54, 1.807) is 91.0 Å². The Morgan fingerprint density at radius 2 is 0.662 bits per heavy atom. The van der Waals surface area contributed by atoms with Crippen molar-refractivity contribution in [1.29, 1.82) is 0 Å². The number of hydrogen-bond acceptors (Lipinski definition) is 21. The molecule has 0 saturated carbocycles. The predicted octanol–water partition coefficient (Wildman–Crippen LogP) is 14.9. The number of aromatic nitrogens is 5. The summed E-state index contributed by atoms with van der Waals surface area (Å²) in [6, 6.07) is 68.7. The number of ether oxygens (including phenoxy) is 3. The summed E-state index contributed by atoms with van der Waals surface area (Å²) in [6.45, 7) is 22.0. The van der Waals surface area contributed by atoms with Crippen LogP contribution in [0.25, 0.3) is 110 Å². The maximum absolute atomic E-state index is 13.4. The lowest BCUT2D eigenvalue weighted by atomic mass is 9.98. The summed E-state index contributed by atoms with van der Waals surface area (Å²) in [6.07, 6.45) is 1.24.